The van der Waals surface area contributed by atoms with Crippen LogP contribution < -0.4 is 10.9 Å². The second kappa shape index (κ2) is 8.45. The summed E-state index contributed by atoms with van der Waals surface area (Å²) in [6.07, 6.45) is 2.00. The minimum atomic E-state index is -2.72. The molecule has 0 radical (unpaired) electrons. The Labute approximate surface area is 195 Å². The molecule has 0 aliphatic heterocycles. The molecule has 1 atom stereocenters. The molecule has 1 aliphatic rings. The van der Waals surface area contributed by atoms with Gasteiger partial charge in [0.05, 0.1) is 10.9 Å². The summed E-state index contributed by atoms with van der Waals surface area (Å²) >= 11 is 3.21. The van der Waals surface area contributed by atoms with Gasteiger partial charge in [-0.2, -0.15) is 0 Å². The zero-order chi connectivity index (χ0) is 24.1. The van der Waals surface area contributed by atoms with Crippen LogP contribution in [-0.4, -0.2) is 21.0 Å². The Hall–Kier alpha value is -2.93. The molecule has 4 rings (SSSR count). The SMILES string of the molecule is C#CC(Nc1nc(C)nc2c(Br)c(=O)n(C3(C(F)F)CC3)cc12)c1cccc(C(F)F)c1C. The van der Waals surface area contributed by atoms with Crippen molar-refractivity contribution >= 4 is 32.7 Å². The van der Waals surface area contributed by atoms with Gasteiger partial charge in [0.25, 0.3) is 18.4 Å². The van der Waals surface area contributed by atoms with Gasteiger partial charge in [-0.05, 0) is 53.7 Å². The lowest BCUT2D eigenvalue weighted by Gasteiger charge is -2.22. The Morgan fingerprint density at radius 1 is 1.18 bits per heavy atom. The average Bonchev–Trinajstić information content (AvgIpc) is 3.57. The van der Waals surface area contributed by atoms with Crippen molar-refractivity contribution in [3.63, 3.8) is 0 Å². The number of hydrogen-bond donors (Lipinski definition) is 1. The second-order valence-electron chi connectivity index (χ2n) is 8.01. The third kappa shape index (κ3) is 3.88. The van der Waals surface area contributed by atoms with Gasteiger partial charge in [-0.3, -0.25) is 4.79 Å². The average molecular weight is 523 g/mol. The molecule has 1 saturated carbocycles. The fourth-order valence-electron chi connectivity index (χ4n) is 3.97. The summed E-state index contributed by atoms with van der Waals surface area (Å²) in [4.78, 5) is 21.5. The zero-order valence-corrected chi connectivity index (χ0v) is 19.3. The fraction of sp³-hybridized carbons (Fsp3) is 0.348. The van der Waals surface area contributed by atoms with Crippen LogP contribution in [0.1, 0.15) is 47.8 Å². The number of pyridine rings is 1. The van der Waals surface area contributed by atoms with E-state index in [1.54, 1.807) is 19.9 Å². The predicted molar refractivity (Wildman–Crippen MR) is 121 cm³/mol. The maximum Gasteiger partial charge on any atom is 0.267 e. The van der Waals surface area contributed by atoms with Gasteiger partial charge in [0, 0.05) is 11.8 Å². The number of fused-ring (bicyclic) bond motifs is 1. The molecule has 1 unspecified atom stereocenters. The lowest BCUT2D eigenvalue weighted by atomic mass is 9.97. The molecule has 0 spiro atoms. The van der Waals surface area contributed by atoms with Crippen LogP contribution in [-0.2, 0) is 5.54 Å². The van der Waals surface area contributed by atoms with E-state index in [1.807, 2.05) is 0 Å². The van der Waals surface area contributed by atoms with E-state index in [0.29, 0.717) is 22.3 Å². The van der Waals surface area contributed by atoms with Crippen molar-refractivity contribution in [1.82, 2.24) is 14.5 Å². The smallest absolute Gasteiger partial charge is 0.267 e. The molecule has 0 amide bonds. The van der Waals surface area contributed by atoms with Gasteiger partial charge in [0.1, 0.15) is 27.7 Å². The predicted octanol–water partition coefficient (Wildman–Crippen LogP) is 5.65. The summed E-state index contributed by atoms with van der Waals surface area (Å²) in [5, 5.41) is 3.36. The minimum Gasteiger partial charge on any atom is -0.352 e. The summed E-state index contributed by atoms with van der Waals surface area (Å²) in [6.45, 7) is 3.16. The summed E-state index contributed by atoms with van der Waals surface area (Å²) in [6, 6.07) is 3.62. The Bertz CT molecular complexity index is 1350. The molecule has 1 aromatic carbocycles. The molecule has 0 saturated heterocycles. The number of aryl methyl sites for hydroxylation is 1. The minimum absolute atomic E-state index is 0.0358. The van der Waals surface area contributed by atoms with Crippen LogP contribution in [0.5, 0.6) is 0 Å². The van der Waals surface area contributed by atoms with Gasteiger partial charge in [-0.1, -0.05) is 24.1 Å². The summed E-state index contributed by atoms with van der Waals surface area (Å²) in [7, 11) is 0. The van der Waals surface area contributed by atoms with Crippen molar-refractivity contribution in [3.8, 4) is 12.3 Å². The summed E-state index contributed by atoms with van der Waals surface area (Å²) in [5.41, 5.74) is -1.28. The van der Waals surface area contributed by atoms with E-state index in [0.717, 1.165) is 4.57 Å². The third-order valence-electron chi connectivity index (χ3n) is 5.99. The zero-order valence-electron chi connectivity index (χ0n) is 17.7. The van der Waals surface area contributed by atoms with Crippen LogP contribution in [0.2, 0.25) is 0 Å². The number of rotatable bonds is 6. The highest BCUT2D eigenvalue weighted by molar-refractivity contribution is 9.10. The van der Waals surface area contributed by atoms with E-state index in [2.05, 4.69) is 37.1 Å². The molecule has 10 heteroatoms. The van der Waals surface area contributed by atoms with E-state index in [-0.39, 0.29) is 34.2 Å². The first-order chi connectivity index (χ1) is 15.6. The van der Waals surface area contributed by atoms with Crippen LogP contribution >= 0.6 is 15.9 Å². The molecule has 5 nitrogen and oxygen atoms in total. The molecule has 33 heavy (non-hydrogen) atoms. The number of nitrogens with one attached hydrogen (secondary N) is 1. The van der Waals surface area contributed by atoms with Crippen LogP contribution in [0.3, 0.4) is 0 Å². The van der Waals surface area contributed by atoms with Gasteiger partial charge in [0.2, 0.25) is 0 Å². The summed E-state index contributed by atoms with van der Waals surface area (Å²) in [5.74, 6) is 3.06. The quantitative estimate of drug-likeness (QED) is 0.335. The highest BCUT2D eigenvalue weighted by atomic mass is 79.9. The number of hydrogen-bond acceptors (Lipinski definition) is 4. The monoisotopic (exact) mass is 522 g/mol. The number of terminal acetylenes is 1. The summed E-state index contributed by atoms with van der Waals surface area (Å²) < 4.78 is 55.3. The van der Waals surface area contributed by atoms with E-state index < -0.39 is 30.0 Å². The van der Waals surface area contributed by atoms with Crippen LogP contribution in [0.4, 0.5) is 23.4 Å². The van der Waals surface area contributed by atoms with Crippen molar-refractivity contribution in [2.75, 3.05) is 5.32 Å². The van der Waals surface area contributed by atoms with E-state index in [4.69, 9.17) is 6.42 Å². The highest BCUT2D eigenvalue weighted by Crippen LogP contribution is 2.48. The molecule has 2 heterocycles. The standard InChI is InChI=1S/C23H19BrF4N4O/c1-4-16(13-6-5-7-14(11(13)2)19(25)26)31-20-15-10-32(23(8-9-23)22(27)28)21(33)17(24)18(15)29-12(3)30-20/h1,5-7,10,16,19,22H,8-9H2,2-3H3,(H,29,30,31). The molecule has 172 valence electrons. The Kier molecular flexibility index (Phi) is 5.95. The van der Waals surface area contributed by atoms with Crippen molar-refractivity contribution in [3.05, 3.63) is 61.7 Å². The number of alkyl halides is 4. The van der Waals surface area contributed by atoms with Crippen molar-refractivity contribution in [2.24, 2.45) is 0 Å². The third-order valence-corrected chi connectivity index (χ3v) is 6.70. The number of anilines is 1. The van der Waals surface area contributed by atoms with Crippen molar-refractivity contribution in [2.45, 2.75) is 51.1 Å². The molecule has 1 N–H and O–H groups in total. The molecular weight excluding hydrogens is 504 g/mol. The Morgan fingerprint density at radius 3 is 2.42 bits per heavy atom. The Balaban J connectivity index is 1.88. The number of halogens is 5. The largest absolute Gasteiger partial charge is 0.352 e. The van der Waals surface area contributed by atoms with Gasteiger partial charge in [0.15, 0.2) is 0 Å². The molecule has 2 aromatic heterocycles. The van der Waals surface area contributed by atoms with E-state index in [1.165, 1.54) is 18.3 Å². The molecule has 0 bridgehead atoms. The van der Waals surface area contributed by atoms with Crippen LogP contribution in [0, 0.1) is 26.2 Å². The molecule has 1 fully saturated rings. The number of benzene rings is 1. The van der Waals surface area contributed by atoms with Gasteiger partial charge in [-0.15, -0.1) is 6.42 Å². The lowest BCUT2D eigenvalue weighted by molar-refractivity contribution is 0.0653. The highest BCUT2D eigenvalue weighted by Gasteiger charge is 2.53. The lowest BCUT2D eigenvalue weighted by Crippen LogP contribution is -2.36. The molecule has 3 aromatic rings. The Morgan fingerprint density at radius 2 is 1.85 bits per heavy atom. The number of nitrogens with zero attached hydrogens (tertiary/aromatic N) is 3. The maximum absolute atomic E-state index is 13.8. The normalized spacial score (nSPS) is 15.6. The van der Waals surface area contributed by atoms with Crippen molar-refractivity contribution < 1.29 is 17.6 Å². The van der Waals surface area contributed by atoms with E-state index in [9.17, 15) is 22.4 Å². The first kappa shape index (κ1) is 23.2. The van der Waals surface area contributed by atoms with Gasteiger partial charge < -0.3 is 9.88 Å². The van der Waals surface area contributed by atoms with Gasteiger partial charge in [-0.25, -0.2) is 27.5 Å². The maximum atomic E-state index is 13.8. The van der Waals surface area contributed by atoms with Crippen molar-refractivity contribution in [1.29, 1.82) is 0 Å². The van der Waals surface area contributed by atoms with E-state index >= 15 is 0 Å². The number of aromatic nitrogens is 3. The fourth-order valence-corrected chi connectivity index (χ4v) is 4.46. The first-order valence-electron chi connectivity index (χ1n) is 10.1. The van der Waals surface area contributed by atoms with Crippen LogP contribution in [0.15, 0.2) is 33.7 Å². The van der Waals surface area contributed by atoms with Crippen LogP contribution in [0.25, 0.3) is 10.9 Å². The molecule has 1 aliphatic carbocycles. The first-order valence-corrected chi connectivity index (χ1v) is 10.9. The second-order valence-corrected chi connectivity index (χ2v) is 8.80. The topological polar surface area (TPSA) is 59.8 Å². The molecular formula is C23H19BrF4N4O. The van der Waals surface area contributed by atoms with Gasteiger partial charge >= 0.3 is 0 Å².